The standard InChI is InChI=1S/C14H23N5O/c1-10-17-9-11(12(15)18-10)13(20)16-6-8-19-7-4-5-14(19,2)3/h9H,4-8H2,1-3H3,(H,16,20)(H2,15,17,18). The zero-order valence-corrected chi connectivity index (χ0v) is 12.4. The van der Waals surface area contributed by atoms with Crippen LogP contribution in [0.5, 0.6) is 0 Å². The van der Waals surface area contributed by atoms with E-state index < -0.39 is 0 Å². The molecule has 2 rings (SSSR count). The molecule has 0 aromatic carbocycles. The second kappa shape index (κ2) is 5.75. The molecule has 0 spiro atoms. The fraction of sp³-hybridized carbons (Fsp3) is 0.643. The third-order valence-electron chi connectivity index (χ3n) is 3.92. The van der Waals surface area contributed by atoms with Crippen molar-refractivity contribution < 1.29 is 4.79 Å². The third-order valence-corrected chi connectivity index (χ3v) is 3.92. The van der Waals surface area contributed by atoms with Gasteiger partial charge in [0.2, 0.25) is 0 Å². The lowest BCUT2D eigenvalue weighted by atomic mass is 10.0. The van der Waals surface area contributed by atoms with Crippen LogP contribution in [0.4, 0.5) is 5.82 Å². The van der Waals surface area contributed by atoms with Crippen molar-refractivity contribution in [2.24, 2.45) is 0 Å². The van der Waals surface area contributed by atoms with Gasteiger partial charge in [0.1, 0.15) is 11.6 Å². The Labute approximate surface area is 119 Å². The molecule has 0 radical (unpaired) electrons. The number of rotatable bonds is 4. The Morgan fingerprint density at radius 3 is 2.90 bits per heavy atom. The summed E-state index contributed by atoms with van der Waals surface area (Å²) in [6.07, 6.45) is 3.91. The topological polar surface area (TPSA) is 84.1 Å². The summed E-state index contributed by atoms with van der Waals surface area (Å²) in [6, 6.07) is 0. The second-order valence-corrected chi connectivity index (χ2v) is 5.88. The summed E-state index contributed by atoms with van der Waals surface area (Å²) in [5.74, 6) is 0.592. The van der Waals surface area contributed by atoms with Gasteiger partial charge in [0.05, 0.1) is 5.56 Å². The highest BCUT2D eigenvalue weighted by Gasteiger charge is 2.31. The van der Waals surface area contributed by atoms with E-state index in [4.69, 9.17) is 5.73 Å². The number of aryl methyl sites for hydroxylation is 1. The van der Waals surface area contributed by atoms with Crippen LogP contribution in [-0.2, 0) is 0 Å². The van der Waals surface area contributed by atoms with Gasteiger partial charge >= 0.3 is 0 Å². The summed E-state index contributed by atoms with van der Waals surface area (Å²) in [5, 5.41) is 2.88. The van der Waals surface area contributed by atoms with Crippen LogP contribution in [0.1, 0.15) is 42.9 Å². The number of nitrogens with one attached hydrogen (secondary N) is 1. The first-order valence-electron chi connectivity index (χ1n) is 7.02. The Hall–Kier alpha value is -1.69. The van der Waals surface area contributed by atoms with Crippen molar-refractivity contribution in [3.05, 3.63) is 17.6 Å². The molecule has 0 saturated carbocycles. The van der Waals surface area contributed by atoms with E-state index in [1.165, 1.54) is 19.0 Å². The first-order valence-corrected chi connectivity index (χ1v) is 7.02. The van der Waals surface area contributed by atoms with E-state index in [2.05, 4.69) is 34.0 Å². The average molecular weight is 277 g/mol. The highest BCUT2D eigenvalue weighted by atomic mass is 16.1. The molecule has 1 aromatic heterocycles. The zero-order chi connectivity index (χ0) is 14.8. The van der Waals surface area contributed by atoms with Crippen LogP contribution >= 0.6 is 0 Å². The molecular formula is C14H23N5O. The average Bonchev–Trinajstić information content (AvgIpc) is 2.68. The van der Waals surface area contributed by atoms with E-state index in [0.717, 1.165) is 13.1 Å². The van der Waals surface area contributed by atoms with Crippen LogP contribution in [0, 0.1) is 6.92 Å². The number of carbonyl (C=O) groups excluding carboxylic acids is 1. The Morgan fingerprint density at radius 2 is 2.30 bits per heavy atom. The van der Waals surface area contributed by atoms with E-state index in [0.29, 0.717) is 17.9 Å². The molecule has 1 amide bonds. The summed E-state index contributed by atoms with van der Waals surface area (Å²) in [7, 11) is 0. The van der Waals surface area contributed by atoms with Crippen LogP contribution in [0.25, 0.3) is 0 Å². The number of anilines is 1. The van der Waals surface area contributed by atoms with E-state index in [1.807, 2.05) is 0 Å². The van der Waals surface area contributed by atoms with Gasteiger partial charge in [-0.2, -0.15) is 0 Å². The molecule has 3 N–H and O–H groups in total. The zero-order valence-electron chi connectivity index (χ0n) is 12.4. The largest absolute Gasteiger partial charge is 0.383 e. The third kappa shape index (κ3) is 3.25. The van der Waals surface area contributed by atoms with Gasteiger partial charge < -0.3 is 11.1 Å². The lowest BCUT2D eigenvalue weighted by Crippen LogP contribution is -2.43. The minimum atomic E-state index is -0.209. The SMILES string of the molecule is Cc1ncc(C(=O)NCCN2CCCC2(C)C)c(N)n1. The van der Waals surface area contributed by atoms with Crippen molar-refractivity contribution in [1.82, 2.24) is 20.2 Å². The van der Waals surface area contributed by atoms with Crippen LogP contribution in [-0.4, -0.2) is 45.9 Å². The van der Waals surface area contributed by atoms with Gasteiger partial charge in [0.25, 0.3) is 5.91 Å². The predicted molar refractivity (Wildman–Crippen MR) is 78.4 cm³/mol. The lowest BCUT2D eigenvalue weighted by Gasteiger charge is -2.31. The van der Waals surface area contributed by atoms with Gasteiger partial charge in [-0.1, -0.05) is 0 Å². The summed E-state index contributed by atoms with van der Waals surface area (Å²) in [5.41, 5.74) is 6.31. The highest BCUT2D eigenvalue weighted by molar-refractivity contribution is 5.97. The molecule has 1 aliphatic heterocycles. The predicted octanol–water partition coefficient (Wildman–Crippen LogP) is 0.971. The van der Waals surface area contributed by atoms with E-state index in [-0.39, 0.29) is 17.3 Å². The highest BCUT2D eigenvalue weighted by Crippen LogP contribution is 2.27. The molecule has 0 atom stereocenters. The van der Waals surface area contributed by atoms with Gasteiger partial charge in [-0.05, 0) is 40.2 Å². The number of hydrogen-bond acceptors (Lipinski definition) is 5. The molecule has 2 heterocycles. The smallest absolute Gasteiger partial charge is 0.256 e. The fourth-order valence-corrected chi connectivity index (χ4v) is 2.64. The van der Waals surface area contributed by atoms with Crippen LogP contribution in [0.15, 0.2) is 6.20 Å². The Bertz CT molecular complexity index is 500. The monoisotopic (exact) mass is 277 g/mol. The van der Waals surface area contributed by atoms with Gasteiger partial charge in [0.15, 0.2) is 0 Å². The van der Waals surface area contributed by atoms with Crippen molar-refractivity contribution in [3.63, 3.8) is 0 Å². The minimum Gasteiger partial charge on any atom is -0.383 e. The van der Waals surface area contributed by atoms with Gasteiger partial charge in [-0.3, -0.25) is 9.69 Å². The van der Waals surface area contributed by atoms with Crippen LogP contribution < -0.4 is 11.1 Å². The molecule has 20 heavy (non-hydrogen) atoms. The van der Waals surface area contributed by atoms with Gasteiger partial charge in [-0.25, -0.2) is 9.97 Å². The quantitative estimate of drug-likeness (QED) is 0.856. The Morgan fingerprint density at radius 1 is 1.55 bits per heavy atom. The van der Waals surface area contributed by atoms with Gasteiger partial charge in [0, 0.05) is 24.8 Å². The first-order chi connectivity index (χ1) is 9.40. The van der Waals surface area contributed by atoms with Crippen LogP contribution in [0.3, 0.4) is 0 Å². The van der Waals surface area contributed by atoms with Crippen molar-refractivity contribution in [2.45, 2.75) is 39.2 Å². The molecule has 1 aromatic rings. The van der Waals surface area contributed by atoms with E-state index in [9.17, 15) is 4.79 Å². The maximum absolute atomic E-state index is 12.0. The number of nitrogens with two attached hydrogens (primary N) is 1. The number of aromatic nitrogens is 2. The molecular weight excluding hydrogens is 254 g/mol. The molecule has 0 unspecified atom stereocenters. The number of carbonyl (C=O) groups is 1. The molecule has 0 aliphatic carbocycles. The molecule has 0 bridgehead atoms. The van der Waals surface area contributed by atoms with Crippen molar-refractivity contribution in [3.8, 4) is 0 Å². The van der Waals surface area contributed by atoms with Crippen molar-refractivity contribution >= 4 is 11.7 Å². The van der Waals surface area contributed by atoms with Gasteiger partial charge in [-0.15, -0.1) is 0 Å². The van der Waals surface area contributed by atoms with Crippen LogP contribution in [0.2, 0.25) is 0 Å². The number of likely N-dealkylation sites (tertiary alicyclic amines) is 1. The normalized spacial score (nSPS) is 18.1. The molecule has 1 saturated heterocycles. The minimum absolute atomic E-state index is 0.209. The fourth-order valence-electron chi connectivity index (χ4n) is 2.64. The number of nitrogens with zero attached hydrogens (tertiary/aromatic N) is 3. The second-order valence-electron chi connectivity index (χ2n) is 5.88. The first kappa shape index (κ1) is 14.7. The summed E-state index contributed by atoms with van der Waals surface area (Å²) < 4.78 is 0. The summed E-state index contributed by atoms with van der Waals surface area (Å²) in [6.45, 7) is 8.79. The number of nitrogen functional groups attached to an aromatic ring is 1. The van der Waals surface area contributed by atoms with E-state index >= 15 is 0 Å². The summed E-state index contributed by atoms with van der Waals surface area (Å²) >= 11 is 0. The Balaban J connectivity index is 1.86. The molecule has 6 nitrogen and oxygen atoms in total. The van der Waals surface area contributed by atoms with E-state index in [1.54, 1.807) is 6.92 Å². The Kier molecular flexibility index (Phi) is 4.23. The molecule has 110 valence electrons. The number of hydrogen-bond donors (Lipinski definition) is 2. The van der Waals surface area contributed by atoms with Crippen molar-refractivity contribution in [1.29, 1.82) is 0 Å². The molecule has 6 heteroatoms. The van der Waals surface area contributed by atoms with Crippen molar-refractivity contribution in [2.75, 3.05) is 25.4 Å². The molecule has 1 aliphatic rings. The maximum atomic E-state index is 12.0. The maximum Gasteiger partial charge on any atom is 0.256 e. The molecule has 1 fully saturated rings. The lowest BCUT2D eigenvalue weighted by molar-refractivity contribution is 0.0940. The summed E-state index contributed by atoms with van der Waals surface area (Å²) in [4.78, 5) is 22.4. The number of amides is 1.